The van der Waals surface area contributed by atoms with Crippen molar-refractivity contribution in [2.75, 3.05) is 33.9 Å². The standard InChI is InChI=1S/C22H25NO5/c1-26-18-9-7-16(8-10-18)22(25)17-11-13-23(14-12-17)21(24)15-28-20-6-4-3-5-19(20)27-2/h3-10,17H,11-15H2,1-2H3. The molecule has 0 spiro atoms. The van der Waals surface area contributed by atoms with Gasteiger partial charge in [0.2, 0.25) is 0 Å². The van der Waals surface area contributed by atoms with Crippen LogP contribution < -0.4 is 14.2 Å². The second-order valence-corrected chi connectivity index (χ2v) is 6.69. The Kier molecular flexibility index (Phi) is 6.53. The first-order valence-electron chi connectivity index (χ1n) is 9.34. The lowest BCUT2D eigenvalue weighted by molar-refractivity contribution is -0.134. The zero-order chi connectivity index (χ0) is 19.9. The van der Waals surface area contributed by atoms with Gasteiger partial charge >= 0.3 is 0 Å². The van der Waals surface area contributed by atoms with Crippen LogP contribution >= 0.6 is 0 Å². The molecular formula is C22H25NO5. The van der Waals surface area contributed by atoms with E-state index >= 15 is 0 Å². The van der Waals surface area contributed by atoms with Crippen molar-refractivity contribution < 1.29 is 23.8 Å². The average Bonchev–Trinajstić information content (AvgIpc) is 2.77. The third-order valence-electron chi connectivity index (χ3n) is 5.01. The number of likely N-dealkylation sites (tertiary alicyclic amines) is 1. The Morgan fingerprint density at radius 2 is 1.57 bits per heavy atom. The maximum absolute atomic E-state index is 12.7. The van der Waals surface area contributed by atoms with Crippen molar-refractivity contribution in [3.63, 3.8) is 0 Å². The fourth-order valence-corrected chi connectivity index (χ4v) is 3.35. The highest BCUT2D eigenvalue weighted by Crippen LogP contribution is 2.26. The summed E-state index contributed by atoms with van der Waals surface area (Å²) in [6, 6.07) is 14.4. The monoisotopic (exact) mass is 383 g/mol. The van der Waals surface area contributed by atoms with Gasteiger partial charge in [-0.25, -0.2) is 0 Å². The molecule has 1 saturated heterocycles. The molecule has 1 aliphatic rings. The van der Waals surface area contributed by atoms with Crippen LogP contribution in [0.1, 0.15) is 23.2 Å². The molecular weight excluding hydrogens is 358 g/mol. The molecule has 0 bridgehead atoms. The number of hydrogen-bond donors (Lipinski definition) is 0. The maximum Gasteiger partial charge on any atom is 0.260 e. The molecule has 28 heavy (non-hydrogen) atoms. The van der Waals surface area contributed by atoms with Crippen LogP contribution in [0.4, 0.5) is 0 Å². The highest BCUT2D eigenvalue weighted by molar-refractivity contribution is 5.98. The van der Waals surface area contributed by atoms with Crippen LogP contribution in [0.5, 0.6) is 17.2 Å². The van der Waals surface area contributed by atoms with E-state index in [9.17, 15) is 9.59 Å². The SMILES string of the molecule is COc1ccc(C(=O)C2CCN(C(=O)COc3ccccc3OC)CC2)cc1. The van der Waals surface area contributed by atoms with E-state index in [1.807, 2.05) is 12.1 Å². The Morgan fingerprint density at radius 3 is 2.18 bits per heavy atom. The van der Waals surface area contributed by atoms with Crippen molar-refractivity contribution in [1.29, 1.82) is 0 Å². The molecule has 3 rings (SSSR count). The fraction of sp³-hybridized carbons (Fsp3) is 0.364. The third kappa shape index (κ3) is 4.63. The Labute approximate surface area is 165 Å². The number of rotatable bonds is 7. The quantitative estimate of drug-likeness (QED) is 0.687. The molecule has 0 atom stereocenters. The van der Waals surface area contributed by atoms with E-state index in [1.54, 1.807) is 55.5 Å². The molecule has 1 amide bonds. The summed E-state index contributed by atoms with van der Waals surface area (Å²) in [5.41, 5.74) is 0.685. The van der Waals surface area contributed by atoms with Crippen LogP contribution in [-0.2, 0) is 4.79 Å². The van der Waals surface area contributed by atoms with Crippen LogP contribution in [0.25, 0.3) is 0 Å². The van der Waals surface area contributed by atoms with Gasteiger partial charge in [0.05, 0.1) is 14.2 Å². The molecule has 1 aliphatic heterocycles. The molecule has 1 heterocycles. The van der Waals surface area contributed by atoms with Gasteiger partial charge in [-0.05, 0) is 49.2 Å². The largest absolute Gasteiger partial charge is 0.497 e. The van der Waals surface area contributed by atoms with Gasteiger partial charge in [-0.15, -0.1) is 0 Å². The third-order valence-corrected chi connectivity index (χ3v) is 5.01. The minimum atomic E-state index is -0.0822. The topological polar surface area (TPSA) is 65.1 Å². The molecule has 148 valence electrons. The highest BCUT2D eigenvalue weighted by Gasteiger charge is 2.28. The van der Waals surface area contributed by atoms with E-state index in [-0.39, 0.29) is 24.2 Å². The van der Waals surface area contributed by atoms with Gasteiger partial charge in [0.25, 0.3) is 5.91 Å². The molecule has 0 N–H and O–H groups in total. The number of ketones is 1. The minimum absolute atomic E-state index is 0.0442. The van der Waals surface area contributed by atoms with Crippen molar-refractivity contribution in [3.8, 4) is 17.2 Å². The van der Waals surface area contributed by atoms with Crippen LogP contribution in [0.2, 0.25) is 0 Å². The van der Waals surface area contributed by atoms with E-state index in [0.717, 1.165) is 5.75 Å². The summed E-state index contributed by atoms with van der Waals surface area (Å²) in [7, 11) is 3.16. The number of benzene rings is 2. The zero-order valence-electron chi connectivity index (χ0n) is 16.2. The first-order valence-corrected chi connectivity index (χ1v) is 9.34. The molecule has 0 saturated carbocycles. The van der Waals surface area contributed by atoms with Crippen molar-refractivity contribution in [2.24, 2.45) is 5.92 Å². The number of piperidine rings is 1. The molecule has 0 radical (unpaired) electrons. The van der Waals surface area contributed by atoms with Crippen LogP contribution in [-0.4, -0.2) is 50.5 Å². The lowest BCUT2D eigenvalue weighted by Crippen LogP contribution is -2.42. The normalized spacial score (nSPS) is 14.4. The maximum atomic E-state index is 12.7. The number of hydrogen-bond acceptors (Lipinski definition) is 5. The molecule has 2 aromatic carbocycles. The summed E-state index contributed by atoms with van der Waals surface area (Å²) < 4.78 is 16.0. The molecule has 2 aromatic rings. The van der Waals surface area contributed by atoms with E-state index < -0.39 is 0 Å². The number of Topliss-reactive ketones (excluding diaryl/α,β-unsaturated/α-hetero) is 1. The van der Waals surface area contributed by atoms with E-state index in [0.29, 0.717) is 43.0 Å². The Hall–Kier alpha value is -3.02. The number of carbonyl (C=O) groups excluding carboxylic acids is 2. The highest BCUT2D eigenvalue weighted by atomic mass is 16.5. The summed E-state index contributed by atoms with van der Waals surface area (Å²) in [5, 5.41) is 0. The molecule has 1 fully saturated rings. The molecule has 6 nitrogen and oxygen atoms in total. The van der Waals surface area contributed by atoms with Gasteiger partial charge in [0.15, 0.2) is 23.9 Å². The Morgan fingerprint density at radius 1 is 0.929 bits per heavy atom. The first-order chi connectivity index (χ1) is 13.6. The van der Waals surface area contributed by atoms with E-state index in [2.05, 4.69) is 0 Å². The van der Waals surface area contributed by atoms with Gasteiger partial charge in [-0.2, -0.15) is 0 Å². The van der Waals surface area contributed by atoms with Crippen molar-refractivity contribution in [2.45, 2.75) is 12.8 Å². The second-order valence-electron chi connectivity index (χ2n) is 6.69. The molecule has 0 aromatic heterocycles. The molecule has 0 unspecified atom stereocenters. The number of nitrogens with zero attached hydrogens (tertiary/aromatic N) is 1. The second kappa shape index (κ2) is 9.26. The zero-order valence-corrected chi connectivity index (χ0v) is 16.2. The average molecular weight is 383 g/mol. The predicted molar refractivity (Wildman–Crippen MR) is 105 cm³/mol. The summed E-state index contributed by atoms with van der Waals surface area (Å²) in [6.45, 7) is 1.07. The van der Waals surface area contributed by atoms with Crippen molar-refractivity contribution in [1.82, 2.24) is 4.90 Å². The van der Waals surface area contributed by atoms with E-state index in [1.165, 1.54) is 0 Å². The lowest BCUT2D eigenvalue weighted by atomic mass is 9.89. The number of methoxy groups -OCH3 is 2. The number of carbonyl (C=O) groups is 2. The van der Waals surface area contributed by atoms with Crippen LogP contribution in [0, 0.1) is 5.92 Å². The van der Waals surface area contributed by atoms with Crippen LogP contribution in [0.15, 0.2) is 48.5 Å². The van der Waals surface area contributed by atoms with Gasteiger partial charge in [0, 0.05) is 24.6 Å². The summed E-state index contributed by atoms with van der Waals surface area (Å²) in [5.74, 6) is 1.85. The first kappa shape index (κ1) is 19.7. The van der Waals surface area contributed by atoms with Crippen molar-refractivity contribution >= 4 is 11.7 Å². The summed E-state index contributed by atoms with van der Waals surface area (Å²) >= 11 is 0. The van der Waals surface area contributed by atoms with Gasteiger partial charge in [-0.1, -0.05) is 12.1 Å². The smallest absolute Gasteiger partial charge is 0.260 e. The summed E-state index contributed by atoms with van der Waals surface area (Å²) in [4.78, 5) is 26.9. The predicted octanol–water partition coefficient (Wildman–Crippen LogP) is 3.20. The Balaban J connectivity index is 1.50. The Bertz CT molecular complexity index is 810. The van der Waals surface area contributed by atoms with Gasteiger partial charge in [0.1, 0.15) is 5.75 Å². The van der Waals surface area contributed by atoms with Gasteiger partial charge < -0.3 is 19.1 Å². The number of ether oxygens (including phenoxy) is 3. The summed E-state index contributed by atoms with van der Waals surface area (Å²) in [6.07, 6.45) is 1.32. The molecule has 0 aliphatic carbocycles. The fourth-order valence-electron chi connectivity index (χ4n) is 3.35. The lowest BCUT2D eigenvalue weighted by Gasteiger charge is -2.31. The number of amides is 1. The van der Waals surface area contributed by atoms with E-state index in [4.69, 9.17) is 14.2 Å². The minimum Gasteiger partial charge on any atom is -0.497 e. The number of para-hydroxylation sites is 2. The van der Waals surface area contributed by atoms with Crippen molar-refractivity contribution in [3.05, 3.63) is 54.1 Å². The van der Waals surface area contributed by atoms with Gasteiger partial charge in [-0.3, -0.25) is 9.59 Å². The molecule has 6 heteroatoms. The van der Waals surface area contributed by atoms with Crippen LogP contribution in [0.3, 0.4) is 0 Å².